The van der Waals surface area contributed by atoms with Crippen LogP contribution in [-0.2, 0) is 4.79 Å². The van der Waals surface area contributed by atoms with Crippen LogP contribution in [0.5, 0.6) is 0 Å². The minimum absolute atomic E-state index is 0.214. The summed E-state index contributed by atoms with van der Waals surface area (Å²) in [5.74, 6) is 1.15. The van der Waals surface area contributed by atoms with Gasteiger partial charge in [0.1, 0.15) is 0 Å². The minimum atomic E-state index is 0.214. The molecule has 0 saturated carbocycles. The zero-order valence-electron chi connectivity index (χ0n) is 9.30. The second-order valence-electron chi connectivity index (χ2n) is 4.11. The fraction of sp³-hybridized carbons (Fsp3) is 0.333. The van der Waals surface area contributed by atoms with E-state index in [0.29, 0.717) is 6.41 Å². The monoisotopic (exact) mass is 247 g/mol. The van der Waals surface area contributed by atoms with Crippen LogP contribution in [0.15, 0.2) is 29.3 Å². The number of anilines is 1. The van der Waals surface area contributed by atoms with Crippen molar-refractivity contribution in [1.29, 1.82) is 0 Å². The SMILES string of the molecule is O=CNc1cccc(C2CN3CCSC3=N2)c1. The van der Waals surface area contributed by atoms with Gasteiger partial charge in [0.2, 0.25) is 6.41 Å². The molecule has 1 atom stereocenters. The van der Waals surface area contributed by atoms with E-state index in [9.17, 15) is 4.79 Å². The van der Waals surface area contributed by atoms with Gasteiger partial charge in [-0.2, -0.15) is 0 Å². The van der Waals surface area contributed by atoms with Crippen molar-refractivity contribution in [3.63, 3.8) is 0 Å². The molecule has 1 unspecified atom stereocenters. The summed E-state index contributed by atoms with van der Waals surface area (Å²) in [6.45, 7) is 2.07. The number of rotatable bonds is 3. The summed E-state index contributed by atoms with van der Waals surface area (Å²) in [6, 6.07) is 8.12. The third-order valence-electron chi connectivity index (χ3n) is 3.02. The molecule has 3 rings (SSSR count). The van der Waals surface area contributed by atoms with E-state index in [1.807, 2.05) is 30.0 Å². The Balaban J connectivity index is 1.83. The number of thioether (sulfide) groups is 1. The standard InChI is InChI=1S/C12H13N3OS/c16-8-13-10-3-1-2-9(6-10)11-7-15-4-5-17-12(15)14-11/h1-3,6,8,11H,4-5,7H2,(H,13,16). The molecule has 0 bridgehead atoms. The number of amides is 1. The average molecular weight is 247 g/mol. The molecule has 0 aliphatic carbocycles. The van der Waals surface area contributed by atoms with Gasteiger partial charge in [0, 0.05) is 24.5 Å². The fourth-order valence-electron chi connectivity index (χ4n) is 2.19. The van der Waals surface area contributed by atoms with Crippen LogP contribution < -0.4 is 5.32 Å². The van der Waals surface area contributed by atoms with Gasteiger partial charge in [-0.3, -0.25) is 9.79 Å². The lowest BCUT2D eigenvalue weighted by molar-refractivity contribution is -0.105. The normalized spacial score (nSPS) is 22.2. The van der Waals surface area contributed by atoms with E-state index in [-0.39, 0.29) is 6.04 Å². The van der Waals surface area contributed by atoms with E-state index >= 15 is 0 Å². The highest BCUT2D eigenvalue weighted by Crippen LogP contribution is 2.32. The van der Waals surface area contributed by atoms with Crippen molar-refractivity contribution in [2.75, 3.05) is 24.2 Å². The topological polar surface area (TPSA) is 44.7 Å². The molecule has 17 heavy (non-hydrogen) atoms. The van der Waals surface area contributed by atoms with Crippen LogP contribution in [0.1, 0.15) is 11.6 Å². The Morgan fingerprint density at radius 2 is 2.47 bits per heavy atom. The van der Waals surface area contributed by atoms with E-state index in [0.717, 1.165) is 24.5 Å². The molecule has 0 aromatic heterocycles. The van der Waals surface area contributed by atoms with E-state index in [1.54, 1.807) is 0 Å². The van der Waals surface area contributed by atoms with Gasteiger partial charge in [-0.1, -0.05) is 23.9 Å². The van der Waals surface area contributed by atoms with Crippen molar-refractivity contribution in [3.8, 4) is 0 Å². The van der Waals surface area contributed by atoms with Gasteiger partial charge < -0.3 is 10.2 Å². The van der Waals surface area contributed by atoms with E-state index in [4.69, 9.17) is 4.99 Å². The van der Waals surface area contributed by atoms with Crippen LogP contribution in [0, 0.1) is 0 Å². The Kier molecular flexibility index (Phi) is 2.76. The summed E-state index contributed by atoms with van der Waals surface area (Å²) in [7, 11) is 0. The molecule has 1 saturated heterocycles. The Morgan fingerprint density at radius 1 is 1.53 bits per heavy atom. The quantitative estimate of drug-likeness (QED) is 0.827. The molecule has 2 heterocycles. The summed E-state index contributed by atoms with van der Waals surface area (Å²) in [4.78, 5) is 17.5. The number of fused-ring (bicyclic) bond motifs is 1. The number of amidine groups is 1. The average Bonchev–Trinajstić information content (AvgIpc) is 2.89. The van der Waals surface area contributed by atoms with E-state index in [2.05, 4.69) is 16.3 Å². The molecule has 2 aliphatic heterocycles. The summed E-state index contributed by atoms with van der Waals surface area (Å²) in [5.41, 5.74) is 2.00. The predicted molar refractivity (Wildman–Crippen MR) is 70.3 cm³/mol. The van der Waals surface area contributed by atoms with Gasteiger partial charge in [0.25, 0.3) is 0 Å². The lowest BCUT2D eigenvalue weighted by Crippen LogP contribution is -2.21. The number of hydrogen-bond acceptors (Lipinski definition) is 4. The van der Waals surface area contributed by atoms with Crippen molar-refractivity contribution in [1.82, 2.24) is 4.90 Å². The molecule has 2 aliphatic rings. The molecule has 0 spiro atoms. The van der Waals surface area contributed by atoms with Gasteiger partial charge in [-0.15, -0.1) is 0 Å². The number of carbonyl (C=O) groups is 1. The largest absolute Gasteiger partial charge is 0.348 e. The molecule has 5 heteroatoms. The van der Waals surface area contributed by atoms with E-state index < -0.39 is 0 Å². The maximum absolute atomic E-state index is 10.4. The van der Waals surface area contributed by atoms with Crippen LogP contribution in [0.2, 0.25) is 0 Å². The summed E-state index contributed by atoms with van der Waals surface area (Å²) in [6.07, 6.45) is 0.702. The minimum Gasteiger partial charge on any atom is -0.348 e. The van der Waals surface area contributed by atoms with Gasteiger partial charge in [0.05, 0.1) is 6.04 Å². The van der Waals surface area contributed by atoms with Gasteiger partial charge >= 0.3 is 0 Å². The first kappa shape index (κ1) is 10.7. The Labute approximate surface area is 104 Å². The molecule has 1 aromatic carbocycles. The summed E-state index contributed by atoms with van der Waals surface area (Å²) < 4.78 is 0. The first-order valence-electron chi connectivity index (χ1n) is 5.62. The van der Waals surface area contributed by atoms with Gasteiger partial charge in [-0.25, -0.2) is 0 Å². The van der Waals surface area contributed by atoms with Crippen molar-refractivity contribution >= 4 is 29.0 Å². The number of benzene rings is 1. The fourth-order valence-corrected chi connectivity index (χ4v) is 3.23. The number of nitrogens with one attached hydrogen (secondary N) is 1. The maximum Gasteiger partial charge on any atom is 0.211 e. The number of nitrogens with zero attached hydrogens (tertiary/aromatic N) is 2. The maximum atomic E-state index is 10.4. The third kappa shape index (κ3) is 2.02. The zero-order valence-corrected chi connectivity index (χ0v) is 10.1. The molecule has 1 amide bonds. The molecular weight excluding hydrogens is 234 g/mol. The lowest BCUT2D eigenvalue weighted by atomic mass is 10.1. The number of carbonyl (C=O) groups excluding carboxylic acids is 1. The first-order chi connectivity index (χ1) is 8.36. The Hall–Kier alpha value is -1.49. The number of hydrogen-bond donors (Lipinski definition) is 1. The van der Waals surface area contributed by atoms with Crippen LogP contribution in [0.4, 0.5) is 5.69 Å². The molecule has 1 fully saturated rings. The van der Waals surface area contributed by atoms with Crippen molar-refractivity contribution in [2.24, 2.45) is 4.99 Å². The molecular formula is C12H13N3OS. The lowest BCUT2D eigenvalue weighted by Gasteiger charge is -2.13. The molecule has 88 valence electrons. The van der Waals surface area contributed by atoms with Crippen LogP contribution in [0.3, 0.4) is 0 Å². The molecule has 1 aromatic rings. The van der Waals surface area contributed by atoms with Crippen LogP contribution in [0.25, 0.3) is 0 Å². The third-order valence-corrected chi connectivity index (χ3v) is 4.03. The Bertz CT molecular complexity index is 475. The second kappa shape index (κ2) is 4.41. The molecule has 0 radical (unpaired) electrons. The zero-order chi connectivity index (χ0) is 11.7. The smallest absolute Gasteiger partial charge is 0.211 e. The predicted octanol–water partition coefficient (Wildman–Crippen LogP) is 1.71. The molecule has 1 N–H and O–H groups in total. The van der Waals surface area contributed by atoms with Gasteiger partial charge in [0.15, 0.2) is 5.17 Å². The highest BCUT2D eigenvalue weighted by atomic mass is 32.2. The second-order valence-corrected chi connectivity index (χ2v) is 5.17. The highest BCUT2D eigenvalue weighted by molar-refractivity contribution is 8.14. The van der Waals surface area contributed by atoms with Crippen LogP contribution in [-0.4, -0.2) is 35.3 Å². The van der Waals surface area contributed by atoms with Crippen molar-refractivity contribution in [3.05, 3.63) is 29.8 Å². The Morgan fingerprint density at radius 3 is 3.29 bits per heavy atom. The first-order valence-corrected chi connectivity index (χ1v) is 6.61. The van der Waals surface area contributed by atoms with Crippen molar-refractivity contribution in [2.45, 2.75) is 6.04 Å². The van der Waals surface area contributed by atoms with Gasteiger partial charge in [-0.05, 0) is 17.7 Å². The summed E-state index contributed by atoms with van der Waals surface area (Å²) >= 11 is 1.83. The van der Waals surface area contributed by atoms with E-state index in [1.165, 1.54) is 10.7 Å². The van der Waals surface area contributed by atoms with Crippen LogP contribution >= 0.6 is 11.8 Å². The number of aliphatic imine (C=N–C) groups is 1. The summed E-state index contributed by atoms with van der Waals surface area (Å²) in [5, 5.41) is 3.84. The highest BCUT2D eigenvalue weighted by Gasteiger charge is 2.30. The van der Waals surface area contributed by atoms with Crippen molar-refractivity contribution < 1.29 is 4.79 Å². The molecule has 4 nitrogen and oxygen atoms in total.